The lowest BCUT2D eigenvalue weighted by Crippen LogP contribution is -2.70. The second-order valence-electron chi connectivity index (χ2n) is 12.1. The molecular weight excluding hydrogens is 444 g/mol. The number of phenols is 1. The quantitative estimate of drug-likeness (QED) is 0.476. The van der Waals surface area contributed by atoms with Crippen LogP contribution < -0.4 is 0 Å². The summed E-state index contributed by atoms with van der Waals surface area (Å²) in [6.07, 6.45) is 12.2. The maximum absolute atomic E-state index is 13.5. The Kier molecular flexibility index (Phi) is 6.14. The van der Waals surface area contributed by atoms with Gasteiger partial charge in [0.15, 0.2) is 0 Å². The van der Waals surface area contributed by atoms with Gasteiger partial charge in [-0.25, -0.2) is 0 Å². The van der Waals surface area contributed by atoms with Crippen LogP contribution in [0, 0.1) is 11.3 Å². The first-order chi connectivity index (χ1) is 17.5. The molecule has 1 aliphatic heterocycles. The molecule has 1 N–H and O–H groups in total. The molecule has 0 radical (unpaired) electrons. The smallest absolute Gasteiger partial charge is 0.253 e. The number of likely N-dealkylation sites (tertiary alicyclic amines) is 1. The van der Waals surface area contributed by atoms with Gasteiger partial charge >= 0.3 is 0 Å². The Morgan fingerprint density at radius 2 is 1.86 bits per heavy atom. The normalized spacial score (nSPS) is 32.6. The average molecular weight is 487 g/mol. The Labute approximate surface area is 216 Å². The van der Waals surface area contributed by atoms with E-state index < -0.39 is 0 Å². The third-order valence-corrected chi connectivity index (χ3v) is 10.8. The molecule has 4 nitrogen and oxygen atoms in total. The number of hydrogen-bond donors (Lipinski definition) is 1. The fourth-order valence-electron chi connectivity index (χ4n) is 9.32. The number of rotatable bonds is 7. The van der Waals surface area contributed by atoms with Gasteiger partial charge in [0.05, 0.1) is 0 Å². The molecule has 36 heavy (non-hydrogen) atoms. The molecule has 1 saturated heterocycles. The van der Waals surface area contributed by atoms with Crippen molar-refractivity contribution in [1.29, 1.82) is 0 Å². The summed E-state index contributed by atoms with van der Waals surface area (Å²) in [5.41, 5.74) is 3.98. The first kappa shape index (κ1) is 24.0. The molecule has 2 saturated carbocycles. The van der Waals surface area contributed by atoms with Crippen LogP contribution in [0.2, 0.25) is 0 Å². The number of nitrogens with zero attached hydrogens (tertiary/aromatic N) is 2. The van der Waals surface area contributed by atoms with Gasteiger partial charge in [0.1, 0.15) is 5.75 Å². The van der Waals surface area contributed by atoms with Crippen molar-refractivity contribution >= 4 is 5.91 Å². The minimum atomic E-state index is 0.0675. The Morgan fingerprint density at radius 3 is 2.67 bits per heavy atom. The van der Waals surface area contributed by atoms with Gasteiger partial charge in [-0.1, -0.05) is 50.5 Å². The summed E-state index contributed by atoms with van der Waals surface area (Å²) < 4.78 is 0. The van der Waals surface area contributed by atoms with Crippen LogP contribution in [0.25, 0.3) is 0 Å². The lowest BCUT2D eigenvalue weighted by atomic mass is 9.43. The van der Waals surface area contributed by atoms with E-state index in [2.05, 4.69) is 28.9 Å². The lowest BCUT2D eigenvalue weighted by molar-refractivity contribution is -0.103. The van der Waals surface area contributed by atoms with Crippen molar-refractivity contribution in [2.45, 2.75) is 88.6 Å². The highest BCUT2D eigenvalue weighted by atomic mass is 16.3. The zero-order chi connectivity index (χ0) is 24.9. The van der Waals surface area contributed by atoms with Crippen LogP contribution in [-0.4, -0.2) is 53.0 Å². The third-order valence-electron chi connectivity index (χ3n) is 10.8. The number of benzene rings is 2. The second-order valence-corrected chi connectivity index (χ2v) is 12.1. The van der Waals surface area contributed by atoms with E-state index in [1.54, 1.807) is 0 Å². The van der Waals surface area contributed by atoms with E-state index in [-0.39, 0.29) is 22.8 Å². The first-order valence-electron chi connectivity index (χ1n) is 14.4. The van der Waals surface area contributed by atoms with Gasteiger partial charge in [-0.3, -0.25) is 9.69 Å². The second kappa shape index (κ2) is 9.20. The fraction of sp³-hybridized carbons (Fsp3) is 0.594. The predicted molar refractivity (Wildman–Crippen MR) is 144 cm³/mol. The Hall–Kier alpha value is -2.33. The van der Waals surface area contributed by atoms with Gasteiger partial charge in [-0.05, 0) is 105 Å². The van der Waals surface area contributed by atoms with Crippen molar-refractivity contribution in [3.05, 3.63) is 65.2 Å². The number of hydrogen-bond acceptors (Lipinski definition) is 3. The van der Waals surface area contributed by atoms with Crippen LogP contribution in [0.4, 0.5) is 0 Å². The molecular formula is C32H42N2O2. The van der Waals surface area contributed by atoms with E-state index in [1.807, 2.05) is 43.4 Å². The molecule has 5 unspecified atom stereocenters. The Bertz CT molecular complexity index is 1120. The number of carbonyl (C=O) groups excluding carboxylic acids is 1. The van der Waals surface area contributed by atoms with E-state index in [9.17, 15) is 9.90 Å². The summed E-state index contributed by atoms with van der Waals surface area (Å²) in [4.78, 5) is 18.5. The van der Waals surface area contributed by atoms with Crippen LogP contribution >= 0.6 is 0 Å². The van der Waals surface area contributed by atoms with Crippen molar-refractivity contribution in [2.24, 2.45) is 11.3 Å². The molecule has 3 fully saturated rings. The van der Waals surface area contributed by atoms with Gasteiger partial charge in [-0.15, -0.1) is 0 Å². The summed E-state index contributed by atoms with van der Waals surface area (Å²) in [5.74, 6) is 0.997. The predicted octanol–water partition coefficient (Wildman–Crippen LogP) is 6.17. The highest BCUT2D eigenvalue weighted by Crippen LogP contribution is 2.72. The molecule has 4 aliphatic rings. The maximum atomic E-state index is 13.5. The van der Waals surface area contributed by atoms with E-state index >= 15 is 0 Å². The number of aromatic hydroxyl groups is 1. The number of piperidine rings is 1. The van der Waals surface area contributed by atoms with Crippen molar-refractivity contribution in [2.75, 3.05) is 20.1 Å². The molecule has 1 heterocycles. The molecule has 0 spiro atoms. The third kappa shape index (κ3) is 3.40. The summed E-state index contributed by atoms with van der Waals surface area (Å²) in [5, 5.41) is 10.6. The fourth-order valence-corrected chi connectivity index (χ4v) is 9.32. The average Bonchev–Trinajstić information content (AvgIpc) is 3.13. The van der Waals surface area contributed by atoms with Crippen LogP contribution in [0.5, 0.6) is 5.75 Å². The summed E-state index contributed by atoms with van der Waals surface area (Å²) >= 11 is 0. The molecule has 2 aromatic rings. The Balaban J connectivity index is 1.37. The minimum absolute atomic E-state index is 0.0675. The maximum Gasteiger partial charge on any atom is 0.253 e. The van der Waals surface area contributed by atoms with Crippen LogP contribution in [0.3, 0.4) is 0 Å². The molecule has 3 aliphatic carbocycles. The zero-order valence-corrected chi connectivity index (χ0v) is 22.1. The monoisotopic (exact) mass is 486 g/mol. The van der Waals surface area contributed by atoms with Crippen LogP contribution in [0.15, 0.2) is 48.5 Å². The van der Waals surface area contributed by atoms with E-state index in [1.165, 1.54) is 62.6 Å². The molecule has 6 rings (SSSR count). The number of amides is 1. The first-order valence-corrected chi connectivity index (χ1v) is 14.4. The van der Waals surface area contributed by atoms with E-state index in [4.69, 9.17) is 0 Å². The van der Waals surface area contributed by atoms with Crippen LogP contribution in [0.1, 0.15) is 86.2 Å². The number of phenolic OH excluding ortho intramolecular Hbond substituents is 1. The minimum Gasteiger partial charge on any atom is -0.508 e. The standard InChI is InChI=1S/C32H42N2O2/c1-3-4-5-9-19-34-20-18-32-26-14-16-31(32,29(34)21-24-12-13-25(35)22-27(24)32)17-15-28(26)33(2)30(36)23-10-7-6-8-11-23/h6-8,10-13,22,26,28-29,35H,3-5,9,14-21H2,1-2H3. The van der Waals surface area contributed by atoms with Crippen molar-refractivity contribution in [3.63, 3.8) is 0 Å². The van der Waals surface area contributed by atoms with Gasteiger partial charge in [0.2, 0.25) is 0 Å². The van der Waals surface area contributed by atoms with Crippen molar-refractivity contribution < 1.29 is 9.90 Å². The van der Waals surface area contributed by atoms with Gasteiger partial charge in [0.25, 0.3) is 5.91 Å². The highest BCUT2D eigenvalue weighted by Gasteiger charge is 2.71. The van der Waals surface area contributed by atoms with Crippen molar-refractivity contribution in [3.8, 4) is 5.75 Å². The lowest BCUT2D eigenvalue weighted by Gasteiger charge is -2.67. The van der Waals surface area contributed by atoms with Crippen molar-refractivity contribution in [1.82, 2.24) is 9.80 Å². The molecule has 1 amide bonds. The summed E-state index contributed by atoms with van der Waals surface area (Å²) in [7, 11) is 2.04. The largest absolute Gasteiger partial charge is 0.508 e. The molecule has 192 valence electrons. The number of fused-ring (bicyclic) bond motifs is 1. The molecule has 5 atom stereocenters. The van der Waals surface area contributed by atoms with E-state index in [0.29, 0.717) is 17.7 Å². The van der Waals surface area contributed by atoms with Gasteiger partial charge in [-0.2, -0.15) is 0 Å². The van der Waals surface area contributed by atoms with Crippen LogP contribution in [-0.2, 0) is 11.8 Å². The zero-order valence-electron chi connectivity index (χ0n) is 22.1. The topological polar surface area (TPSA) is 43.8 Å². The SMILES string of the molecule is CCCCCCN1CCC23c4cc(O)ccc4CC1C21CCC(N(C)C(=O)c2ccccc2)C3CC1. The van der Waals surface area contributed by atoms with Gasteiger partial charge < -0.3 is 10.0 Å². The highest BCUT2D eigenvalue weighted by molar-refractivity contribution is 5.94. The molecule has 2 aromatic carbocycles. The van der Waals surface area contributed by atoms with Gasteiger partial charge in [0, 0.05) is 30.1 Å². The molecule has 4 bridgehead atoms. The Morgan fingerprint density at radius 1 is 1.06 bits per heavy atom. The summed E-state index contributed by atoms with van der Waals surface area (Å²) in [6, 6.07) is 16.8. The number of carbonyl (C=O) groups is 1. The molecule has 0 aromatic heterocycles. The number of unbranched alkanes of at least 4 members (excludes halogenated alkanes) is 3. The van der Waals surface area contributed by atoms with E-state index in [0.717, 1.165) is 31.4 Å². The summed E-state index contributed by atoms with van der Waals surface area (Å²) in [6.45, 7) is 4.65. The molecule has 4 heteroatoms.